The lowest BCUT2D eigenvalue weighted by molar-refractivity contribution is -0.0664. The molecule has 226 valence electrons. The van der Waals surface area contributed by atoms with Crippen LogP contribution in [0.4, 0.5) is 17.6 Å². The van der Waals surface area contributed by atoms with Gasteiger partial charge in [0.15, 0.2) is 5.82 Å². The number of methoxy groups -OCH3 is 1. The number of nitrogen functional groups attached to an aromatic ring is 1. The summed E-state index contributed by atoms with van der Waals surface area (Å²) in [4.78, 5) is 13.2. The van der Waals surface area contributed by atoms with Crippen molar-refractivity contribution in [3.63, 3.8) is 0 Å². The number of aryl methyl sites for hydroxylation is 1. The number of benzene rings is 1. The molecule has 0 aliphatic carbocycles. The molecule has 0 amide bonds. The molecule has 4 aromatic heterocycles. The summed E-state index contributed by atoms with van der Waals surface area (Å²) in [5.41, 5.74) is 7.58. The summed E-state index contributed by atoms with van der Waals surface area (Å²) in [6.45, 7) is 2.60. The van der Waals surface area contributed by atoms with Crippen molar-refractivity contribution in [2.75, 3.05) is 50.3 Å². The van der Waals surface area contributed by atoms with Crippen LogP contribution in [-0.2, 0) is 16.5 Å². The van der Waals surface area contributed by atoms with Gasteiger partial charge in [0.05, 0.1) is 23.5 Å². The maximum Gasteiger partial charge on any atom is 0.224 e. The van der Waals surface area contributed by atoms with Crippen molar-refractivity contribution in [3.05, 3.63) is 48.5 Å². The fourth-order valence-electron chi connectivity index (χ4n) is 5.35. The Morgan fingerprint density at radius 1 is 1.21 bits per heavy atom. The highest BCUT2D eigenvalue weighted by atomic mass is 16.6. The molecule has 1 aliphatic rings. The van der Waals surface area contributed by atoms with Crippen molar-refractivity contribution in [3.8, 4) is 17.0 Å². The monoisotopic (exact) mass is 590 g/mol. The van der Waals surface area contributed by atoms with Crippen molar-refractivity contribution in [2.24, 2.45) is 7.05 Å². The van der Waals surface area contributed by atoms with Gasteiger partial charge in [0.2, 0.25) is 5.95 Å². The van der Waals surface area contributed by atoms with Crippen molar-refractivity contribution < 1.29 is 24.4 Å². The molecule has 6 rings (SSSR count). The first-order valence-electron chi connectivity index (χ1n) is 13.7. The highest BCUT2D eigenvalue weighted by Crippen LogP contribution is 2.44. The molecule has 43 heavy (non-hydrogen) atoms. The lowest BCUT2D eigenvalue weighted by Gasteiger charge is -2.26. The number of aliphatic hydroxyl groups is 2. The van der Waals surface area contributed by atoms with E-state index < -0.39 is 23.9 Å². The Balaban J connectivity index is 1.26. The van der Waals surface area contributed by atoms with E-state index in [0.29, 0.717) is 58.7 Å². The van der Waals surface area contributed by atoms with Crippen LogP contribution >= 0.6 is 0 Å². The number of nitrogens with two attached hydrogens (primary N) is 1. The van der Waals surface area contributed by atoms with Crippen LogP contribution in [0.25, 0.3) is 27.7 Å². The van der Waals surface area contributed by atoms with Crippen LogP contribution in [0.5, 0.6) is 5.75 Å². The summed E-state index contributed by atoms with van der Waals surface area (Å²) >= 11 is 0. The topological polar surface area (TPSA) is 192 Å². The molecule has 15 heteroatoms. The number of fused-ring (bicyclic) bond motifs is 2. The molecule has 0 spiro atoms. The zero-order valence-corrected chi connectivity index (χ0v) is 24.2. The summed E-state index contributed by atoms with van der Waals surface area (Å²) < 4.78 is 20.7. The van der Waals surface area contributed by atoms with Gasteiger partial charge in [-0.1, -0.05) is 0 Å². The third kappa shape index (κ3) is 5.16. The number of nitrogens with zero attached hydrogens (tertiary/aromatic N) is 7. The Kier molecular flexibility index (Phi) is 7.47. The maximum atomic E-state index is 11.5. The average Bonchev–Trinajstić information content (AvgIpc) is 3.66. The van der Waals surface area contributed by atoms with Crippen LogP contribution in [0.3, 0.4) is 0 Å². The van der Waals surface area contributed by atoms with E-state index in [4.69, 9.17) is 19.9 Å². The molecule has 6 N–H and O–H groups in total. The molecule has 4 atom stereocenters. The molecule has 15 nitrogen and oxygen atoms in total. The molecule has 5 aromatic rings. The van der Waals surface area contributed by atoms with Gasteiger partial charge in [0.25, 0.3) is 0 Å². The van der Waals surface area contributed by atoms with Gasteiger partial charge in [0.1, 0.15) is 53.9 Å². The number of aliphatic hydroxyl groups excluding tert-OH is 1. The van der Waals surface area contributed by atoms with Crippen molar-refractivity contribution in [1.29, 1.82) is 0 Å². The van der Waals surface area contributed by atoms with Gasteiger partial charge in [-0.05, 0) is 31.2 Å². The highest BCUT2D eigenvalue weighted by molar-refractivity contribution is 5.91. The minimum absolute atomic E-state index is 0.0320. The second kappa shape index (κ2) is 11.3. The van der Waals surface area contributed by atoms with Crippen molar-refractivity contribution >= 4 is 34.0 Å². The van der Waals surface area contributed by atoms with Crippen LogP contribution in [0.1, 0.15) is 18.7 Å². The number of ether oxygens (including phenoxy) is 3. The third-order valence-corrected chi connectivity index (χ3v) is 7.57. The van der Waals surface area contributed by atoms with Crippen LogP contribution in [-0.4, -0.2) is 96.3 Å². The lowest BCUT2D eigenvalue weighted by Crippen LogP contribution is -2.43. The molecular weight excluding hydrogens is 556 g/mol. The van der Waals surface area contributed by atoms with Gasteiger partial charge in [0, 0.05) is 51.0 Å². The van der Waals surface area contributed by atoms with E-state index in [1.165, 1.54) is 13.3 Å². The maximum absolute atomic E-state index is 11.5. The summed E-state index contributed by atoms with van der Waals surface area (Å²) in [5, 5.41) is 38.6. The van der Waals surface area contributed by atoms with Gasteiger partial charge in [-0.2, -0.15) is 15.2 Å². The standard InChI is InChI=1S/C28H34N10O5/c1-28(40)23(39)21(13-42-15-5-6-16-19(11-15)34-27(30-2)35-26(16)31-8-10-41-4)43-24(28)20-12-17(18-7-9-37(3)36-18)22-25(29)32-14-33-38(20)22/h5-7,9,11-12,14,21,23-24,39-40H,8,10,13H2,1-4H3,(H2,29,32,33)(H2,30,31,34,35)/t21-,23-,24+,28-/m1/s1. The fraction of sp³-hybridized carbons (Fsp3) is 0.393. The smallest absolute Gasteiger partial charge is 0.224 e. The number of anilines is 3. The van der Waals surface area contributed by atoms with Crippen LogP contribution in [0.2, 0.25) is 0 Å². The van der Waals surface area contributed by atoms with Crippen LogP contribution < -0.4 is 21.1 Å². The zero-order valence-electron chi connectivity index (χ0n) is 24.2. The normalized spacial score (nSPS) is 22.0. The van der Waals surface area contributed by atoms with Gasteiger partial charge in [-0.3, -0.25) is 4.68 Å². The van der Waals surface area contributed by atoms with E-state index >= 15 is 0 Å². The molecule has 1 fully saturated rings. The minimum atomic E-state index is -1.68. The van der Waals surface area contributed by atoms with E-state index in [0.717, 1.165) is 5.39 Å². The van der Waals surface area contributed by atoms with Gasteiger partial charge < -0.3 is 40.8 Å². The quantitative estimate of drug-likeness (QED) is 0.147. The Hall–Kier alpha value is -4.57. The lowest BCUT2D eigenvalue weighted by atomic mass is 9.91. The van der Waals surface area contributed by atoms with E-state index in [-0.39, 0.29) is 12.4 Å². The van der Waals surface area contributed by atoms with E-state index in [1.54, 1.807) is 41.6 Å². The highest BCUT2D eigenvalue weighted by Gasteiger charge is 2.54. The SMILES string of the molecule is CNc1nc(NCCOC)c2ccc(OC[C@H]3O[C@@H](c4cc(-c5ccn(C)n5)c5c(N)ncnn45)[C@](C)(O)[C@@H]3O)cc2n1. The van der Waals surface area contributed by atoms with E-state index in [2.05, 4.69) is 35.8 Å². The largest absolute Gasteiger partial charge is 0.491 e. The Bertz CT molecular complexity index is 1770. The fourth-order valence-corrected chi connectivity index (χ4v) is 5.35. The second-order valence-corrected chi connectivity index (χ2v) is 10.5. The van der Waals surface area contributed by atoms with Crippen LogP contribution in [0, 0.1) is 0 Å². The number of hydrogen-bond acceptors (Lipinski definition) is 13. The first kappa shape index (κ1) is 28.5. The Labute approximate surface area is 246 Å². The zero-order chi connectivity index (χ0) is 30.3. The van der Waals surface area contributed by atoms with Crippen molar-refractivity contribution in [2.45, 2.75) is 30.8 Å². The van der Waals surface area contributed by atoms with E-state index in [9.17, 15) is 10.2 Å². The molecule has 0 bridgehead atoms. The first-order chi connectivity index (χ1) is 20.7. The predicted octanol–water partition coefficient (Wildman–Crippen LogP) is 1.39. The van der Waals surface area contributed by atoms with Gasteiger partial charge in [-0.15, -0.1) is 0 Å². The number of nitrogens with one attached hydrogen (secondary N) is 2. The minimum Gasteiger partial charge on any atom is -0.491 e. The average molecular weight is 591 g/mol. The third-order valence-electron chi connectivity index (χ3n) is 7.57. The summed E-state index contributed by atoms with van der Waals surface area (Å²) in [7, 11) is 5.20. The Morgan fingerprint density at radius 2 is 2.05 bits per heavy atom. The molecule has 5 heterocycles. The van der Waals surface area contributed by atoms with Crippen LogP contribution in [0.15, 0.2) is 42.9 Å². The predicted molar refractivity (Wildman–Crippen MR) is 159 cm³/mol. The second-order valence-electron chi connectivity index (χ2n) is 10.5. The number of rotatable bonds is 10. The van der Waals surface area contributed by atoms with Crippen molar-refractivity contribution in [1.82, 2.24) is 34.3 Å². The molecule has 0 radical (unpaired) electrons. The summed E-state index contributed by atoms with van der Waals surface area (Å²) in [6, 6.07) is 9.09. The molecule has 1 saturated heterocycles. The Morgan fingerprint density at radius 3 is 2.79 bits per heavy atom. The molecule has 1 aliphatic heterocycles. The first-order valence-corrected chi connectivity index (χ1v) is 13.7. The molecule has 1 aromatic carbocycles. The van der Waals surface area contributed by atoms with Gasteiger partial charge in [-0.25, -0.2) is 14.5 Å². The number of aromatic nitrogens is 7. The summed E-state index contributed by atoms with van der Waals surface area (Å²) in [6.07, 6.45) is 0.0584. The summed E-state index contributed by atoms with van der Waals surface area (Å²) in [5.74, 6) is 1.88. The molecule has 0 saturated carbocycles. The van der Waals surface area contributed by atoms with Gasteiger partial charge >= 0.3 is 0 Å². The number of hydrogen-bond donors (Lipinski definition) is 5. The molecule has 0 unspecified atom stereocenters. The molecular formula is C28H34N10O5. The van der Waals surface area contributed by atoms with E-state index in [1.807, 2.05) is 25.4 Å².